The van der Waals surface area contributed by atoms with Gasteiger partial charge in [-0.05, 0) is 12.8 Å². The summed E-state index contributed by atoms with van der Waals surface area (Å²) in [6.45, 7) is 1.90. The fourth-order valence-corrected chi connectivity index (χ4v) is 1.33. The Balaban J connectivity index is 0. The van der Waals surface area contributed by atoms with Crippen molar-refractivity contribution in [2.45, 2.75) is 32.3 Å². The van der Waals surface area contributed by atoms with E-state index in [0.29, 0.717) is 6.42 Å². The van der Waals surface area contributed by atoms with Crippen molar-refractivity contribution >= 4 is 39.7 Å². The van der Waals surface area contributed by atoms with Crippen molar-refractivity contribution in [1.82, 2.24) is 0 Å². The van der Waals surface area contributed by atoms with Crippen LogP contribution in [0.5, 0.6) is 0 Å². The Bertz CT molecular complexity index is 190. The molecule has 1 unspecified atom stereocenters. The molecule has 0 rings (SSSR count). The number of aliphatic hydroxyl groups excluding tert-OH is 1. The third-order valence-corrected chi connectivity index (χ3v) is 2.08. The maximum atomic E-state index is 10.2. The van der Waals surface area contributed by atoms with Gasteiger partial charge in [-0.3, -0.25) is 4.55 Å². The second-order valence-electron chi connectivity index (χ2n) is 2.52. The molecule has 0 aromatic rings. The van der Waals surface area contributed by atoms with E-state index in [2.05, 4.69) is 0 Å². The molecule has 0 aromatic heterocycles. The molecule has 0 saturated carbocycles. The van der Waals surface area contributed by atoms with Crippen LogP contribution in [0, 0.1) is 0 Å². The Kier molecular flexibility index (Phi) is 9.32. The van der Waals surface area contributed by atoms with Gasteiger partial charge in [0.2, 0.25) is 0 Å². The predicted octanol–water partition coefficient (Wildman–Crippen LogP) is -0.223. The summed E-state index contributed by atoms with van der Waals surface area (Å²) in [5, 5.41) is 9.04. The van der Waals surface area contributed by atoms with Crippen LogP contribution in [0.3, 0.4) is 0 Å². The van der Waals surface area contributed by atoms with Crippen molar-refractivity contribution in [1.29, 1.82) is 0 Å². The SMILES string of the molecule is CCCC(O)CCS(=O)(=O)O.[NaH]. The third kappa shape index (κ3) is 10.9. The summed E-state index contributed by atoms with van der Waals surface area (Å²) in [6.07, 6.45) is 0.899. The molecule has 0 aromatic carbocycles. The van der Waals surface area contributed by atoms with Crippen molar-refractivity contribution in [3.05, 3.63) is 0 Å². The normalized spacial score (nSPS) is 13.6. The van der Waals surface area contributed by atoms with Crippen LogP contribution in [-0.4, -0.2) is 59.5 Å². The fraction of sp³-hybridized carbons (Fsp3) is 1.00. The standard InChI is InChI=1S/C6H14O4S.Na.H/c1-2-3-6(7)4-5-11(8,9)10;;/h6-7H,2-5H2,1H3,(H,8,9,10);;. The molecule has 0 radical (unpaired) electrons. The number of aliphatic hydroxyl groups is 1. The van der Waals surface area contributed by atoms with E-state index in [1.807, 2.05) is 6.92 Å². The molecular weight excluding hydrogens is 191 g/mol. The second kappa shape index (κ2) is 7.29. The van der Waals surface area contributed by atoms with Gasteiger partial charge in [0.1, 0.15) is 0 Å². The summed E-state index contributed by atoms with van der Waals surface area (Å²) in [6, 6.07) is 0. The molecule has 0 heterocycles. The quantitative estimate of drug-likeness (QED) is 0.481. The van der Waals surface area contributed by atoms with Crippen LogP contribution < -0.4 is 0 Å². The molecule has 0 fully saturated rings. The summed E-state index contributed by atoms with van der Waals surface area (Å²) >= 11 is 0. The first kappa shape index (κ1) is 15.3. The Morgan fingerprint density at radius 2 is 1.83 bits per heavy atom. The zero-order valence-electron chi connectivity index (χ0n) is 6.52. The average molecular weight is 206 g/mol. The van der Waals surface area contributed by atoms with E-state index in [1.165, 1.54) is 0 Å². The molecule has 0 saturated heterocycles. The van der Waals surface area contributed by atoms with Crippen molar-refractivity contribution in [3.63, 3.8) is 0 Å². The van der Waals surface area contributed by atoms with Gasteiger partial charge in [-0.1, -0.05) is 13.3 Å². The van der Waals surface area contributed by atoms with Gasteiger partial charge in [0.25, 0.3) is 10.1 Å². The van der Waals surface area contributed by atoms with E-state index in [9.17, 15) is 8.42 Å². The molecule has 6 heteroatoms. The van der Waals surface area contributed by atoms with Crippen LogP contribution in [0.25, 0.3) is 0 Å². The van der Waals surface area contributed by atoms with Gasteiger partial charge in [-0.15, -0.1) is 0 Å². The predicted molar refractivity (Wildman–Crippen MR) is 49.1 cm³/mol. The molecule has 1 atom stereocenters. The Morgan fingerprint density at radius 1 is 1.33 bits per heavy atom. The molecule has 2 N–H and O–H groups in total. The minimum atomic E-state index is -3.90. The van der Waals surface area contributed by atoms with Gasteiger partial charge in [0.15, 0.2) is 0 Å². The van der Waals surface area contributed by atoms with Gasteiger partial charge in [-0.2, -0.15) is 8.42 Å². The van der Waals surface area contributed by atoms with Gasteiger partial charge < -0.3 is 5.11 Å². The molecule has 4 nitrogen and oxygen atoms in total. The molecule has 0 amide bonds. The number of hydrogen-bond donors (Lipinski definition) is 2. The van der Waals surface area contributed by atoms with Gasteiger partial charge in [0.05, 0.1) is 11.9 Å². The Hall–Kier alpha value is 0.870. The first-order valence-corrected chi connectivity index (χ1v) is 5.20. The summed E-state index contributed by atoms with van der Waals surface area (Å²) in [5.74, 6) is -0.353. The molecule has 12 heavy (non-hydrogen) atoms. The van der Waals surface area contributed by atoms with Crippen molar-refractivity contribution in [2.75, 3.05) is 5.75 Å². The van der Waals surface area contributed by atoms with Crippen LogP contribution in [0.15, 0.2) is 0 Å². The molecular formula is C6H15NaO4S. The third-order valence-electron chi connectivity index (χ3n) is 1.33. The Labute approximate surface area is 95.4 Å². The van der Waals surface area contributed by atoms with Crippen molar-refractivity contribution in [2.24, 2.45) is 0 Å². The second-order valence-corrected chi connectivity index (χ2v) is 4.09. The minimum absolute atomic E-state index is 0. The topological polar surface area (TPSA) is 74.6 Å². The summed E-state index contributed by atoms with van der Waals surface area (Å²) in [7, 11) is -3.90. The molecule has 0 aliphatic rings. The van der Waals surface area contributed by atoms with Gasteiger partial charge in [0, 0.05) is 0 Å². The monoisotopic (exact) mass is 206 g/mol. The molecule has 70 valence electrons. The summed E-state index contributed by atoms with van der Waals surface area (Å²) < 4.78 is 28.7. The van der Waals surface area contributed by atoms with Crippen LogP contribution in [0.1, 0.15) is 26.2 Å². The van der Waals surface area contributed by atoms with E-state index in [-0.39, 0.29) is 41.7 Å². The fourth-order valence-electron chi connectivity index (χ4n) is 0.763. The van der Waals surface area contributed by atoms with Crippen molar-refractivity contribution in [3.8, 4) is 0 Å². The molecule has 0 bridgehead atoms. The molecule has 0 aliphatic carbocycles. The summed E-state index contributed by atoms with van der Waals surface area (Å²) in [5.41, 5.74) is 0. The molecule has 0 aliphatic heterocycles. The van der Waals surface area contributed by atoms with E-state index in [1.54, 1.807) is 0 Å². The average Bonchev–Trinajstić information content (AvgIpc) is 1.83. The first-order valence-electron chi connectivity index (χ1n) is 3.59. The van der Waals surface area contributed by atoms with Gasteiger partial charge in [-0.25, -0.2) is 0 Å². The summed E-state index contributed by atoms with van der Waals surface area (Å²) in [4.78, 5) is 0. The zero-order valence-corrected chi connectivity index (χ0v) is 7.34. The first-order chi connectivity index (χ1) is 4.95. The van der Waals surface area contributed by atoms with Crippen molar-refractivity contribution < 1.29 is 18.1 Å². The van der Waals surface area contributed by atoms with E-state index in [4.69, 9.17) is 9.66 Å². The van der Waals surface area contributed by atoms with Gasteiger partial charge >= 0.3 is 29.6 Å². The Morgan fingerprint density at radius 3 is 2.17 bits per heavy atom. The van der Waals surface area contributed by atoms with Crippen LogP contribution in [0.2, 0.25) is 0 Å². The van der Waals surface area contributed by atoms with E-state index < -0.39 is 16.2 Å². The van der Waals surface area contributed by atoms with Crippen LogP contribution in [-0.2, 0) is 10.1 Å². The van der Waals surface area contributed by atoms with E-state index >= 15 is 0 Å². The number of rotatable bonds is 5. The maximum absolute atomic E-state index is 10.2. The number of hydrogen-bond acceptors (Lipinski definition) is 3. The van der Waals surface area contributed by atoms with Crippen LogP contribution >= 0.6 is 0 Å². The van der Waals surface area contributed by atoms with Crippen LogP contribution in [0.4, 0.5) is 0 Å². The molecule has 0 spiro atoms. The zero-order chi connectivity index (χ0) is 8.91. The van der Waals surface area contributed by atoms with E-state index in [0.717, 1.165) is 6.42 Å².